The zero-order valence-electron chi connectivity index (χ0n) is 10.3. The van der Waals surface area contributed by atoms with Gasteiger partial charge in [-0.2, -0.15) is 0 Å². The normalized spacial score (nSPS) is 12.7. The highest BCUT2D eigenvalue weighted by atomic mass is 79.9. The van der Waals surface area contributed by atoms with E-state index in [9.17, 15) is 0 Å². The highest BCUT2D eigenvalue weighted by Gasteiger charge is 2.15. The lowest BCUT2D eigenvalue weighted by molar-refractivity contribution is 0.703. The lowest BCUT2D eigenvalue weighted by atomic mass is 10.1. The van der Waals surface area contributed by atoms with Gasteiger partial charge in [0.1, 0.15) is 0 Å². The minimum absolute atomic E-state index is 0.254. The fraction of sp³-hybridized carbons (Fsp3) is 0.286. The zero-order chi connectivity index (χ0) is 13.1. The highest BCUT2D eigenvalue weighted by Crippen LogP contribution is 2.31. The third-order valence-electron chi connectivity index (χ3n) is 2.82. The molecule has 0 spiro atoms. The second-order valence-corrected chi connectivity index (χ2v) is 7.11. The van der Waals surface area contributed by atoms with E-state index in [1.807, 2.05) is 18.4 Å². The first-order chi connectivity index (χ1) is 8.63. The van der Waals surface area contributed by atoms with Gasteiger partial charge in [-0.3, -0.25) is 0 Å². The summed E-state index contributed by atoms with van der Waals surface area (Å²) in [7, 11) is 2.00. The third kappa shape index (κ3) is 3.23. The van der Waals surface area contributed by atoms with Gasteiger partial charge in [-0.25, -0.2) is 0 Å². The van der Waals surface area contributed by atoms with Crippen LogP contribution >= 0.6 is 43.2 Å². The molecule has 18 heavy (non-hydrogen) atoms. The van der Waals surface area contributed by atoms with Crippen LogP contribution in [0.5, 0.6) is 0 Å². The van der Waals surface area contributed by atoms with Crippen LogP contribution in [0.3, 0.4) is 0 Å². The maximum Gasteiger partial charge on any atom is 0.0669 e. The van der Waals surface area contributed by atoms with Gasteiger partial charge in [0, 0.05) is 18.7 Å². The van der Waals surface area contributed by atoms with E-state index in [2.05, 4.69) is 74.4 Å². The lowest BCUT2D eigenvalue weighted by Gasteiger charge is -2.16. The van der Waals surface area contributed by atoms with E-state index in [1.54, 1.807) is 0 Å². The summed E-state index contributed by atoms with van der Waals surface area (Å²) in [6.45, 7) is 2.19. The summed E-state index contributed by atoms with van der Waals surface area (Å²) in [6, 6.07) is 11.1. The molecule has 0 aliphatic heterocycles. The molecule has 0 amide bonds. The van der Waals surface area contributed by atoms with Crippen molar-refractivity contribution in [1.29, 1.82) is 0 Å². The average molecular weight is 389 g/mol. The number of benzene rings is 1. The van der Waals surface area contributed by atoms with Crippen molar-refractivity contribution in [3.63, 3.8) is 0 Å². The van der Waals surface area contributed by atoms with Crippen LogP contribution in [0, 0.1) is 0 Å². The Morgan fingerprint density at radius 2 is 1.83 bits per heavy atom. The monoisotopic (exact) mass is 387 g/mol. The van der Waals surface area contributed by atoms with Gasteiger partial charge in [0.2, 0.25) is 0 Å². The van der Waals surface area contributed by atoms with Crippen LogP contribution in [0.1, 0.15) is 28.3 Å². The van der Waals surface area contributed by atoms with Gasteiger partial charge in [0.15, 0.2) is 0 Å². The summed E-state index contributed by atoms with van der Waals surface area (Å²) in [6.07, 6.45) is 1.10. The molecule has 1 nitrogen and oxygen atoms in total. The fourth-order valence-electron chi connectivity index (χ4n) is 1.95. The van der Waals surface area contributed by atoms with Gasteiger partial charge < -0.3 is 5.32 Å². The lowest BCUT2D eigenvalue weighted by Crippen LogP contribution is -2.16. The van der Waals surface area contributed by atoms with Crippen LogP contribution in [-0.2, 0) is 6.42 Å². The van der Waals surface area contributed by atoms with Crippen molar-refractivity contribution in [3.8, 4) is 0 Å². The van der Waals surface area contributed by atoms with Crippen molar-refractivity contribution in [1.82, 2.24) is 5.32 Å². The minimum Gasteiger partial charge on any atom is -0.309 e. The van der Waals surface area contributed by atoms with Crippen molar-refractivity contribution in [2.45, 2.75) is 19.4 Å². The number of hydrogen-bond acceptors (Lipinski definition) is 2. The first-order valence-corrected chi connectivity index (χ1v) is 8.26. The molecule has 96 valence electrons. The average Bonchev–Trinajstić information content (AvgIpc) is 2.77. The van der Waals surface area contributed by atoms with Crippen molar-refractivity contribution < 1.29 is 0 Å². The van der Waals surface area contributed by atoms with E-state index in [0.29, 0.717) is 0 Å². The van der Waals surface area contributed by atoms with Gasteiger partial charge in [-0.1, -0.05) is 38.8 Å². The van der Waals surface area contributed by atoms with Crippen molar-refractivity contribution in [2.75, 3.05) is 7.05 Å². The molecule has 1 aromatic carbocycles. The molecule has 0 fully saturated rings. The molecule has 1 aromatic heterocycles. The summed E-state index contributed by atoms with van der Waals surface area (Å²) in [5.41, 5.74) is 1.27. The van der Waals surface area contributed by atoms with Crippen LogP contribution in [0.15, 0.2) is 39.3 Å². The molecule has 0 saturated heterocycles. The highest BCUT2D eigenvalue weighted by molar-refractivity contribution is 9.11. The molecule has 1 N–H and O–H groups in total. The van der Waals surface area contributed by atoms with Crippen LogP contribution in [-0.4, -0.2) is 7.05 Å². The maximum absolute atomic E-state index is 3.55. The van der Waals surface area contributed by atoms with Crippen LogP contribution < -0.4 is 5.32 Å². The molecule has 0 radical (unpaired) electrons. The Morgan fingerprint density at radius 1 is 1.17 bits per heavy atom. The molecule has 0 aliphatic carbocycles. The number of rotatable bonds is 4. The van der Waals surface area contributed by atoms with E-state index in [0.717, 1.165) is 15.4 Å². The first-order valence-electron chi connectivity index (χ1n) is 5.86. The maximum atomic E-state index is 3.55. The van der Waals surface area contributed by atoms with E-state index >= 15 is 0 Å². The molecule has 2 aromatic rings. The number of aryl methyl sites for hydroxylation is 1. The van der Waals surface area contributed by atoms with Gasteiger partial charge in [0.05, 0.1) is 6.04 Å². The Hall–Kier alpha value is -0.160. The van der Waals surface area contributed by atoms with Crippen LogP contribution in [0.25, 0.3) is 0 Å². The summed E-state index contributed by atoms with van der Waals surface area (Å²) >= 11 is 8.97. The van der Waals surface area contributed by atoms with Crippen LogP contribution in [0.2, 0.25) is 0 Å². The van der Waals surface area contributed by atoms with E-state index in [1.165, 1.54) is 15.3 Å². The fourth-order valence-corrected chi connectivity index (χ4v) is 4.37. The number of hydrogen-bond donors (Lipinski definition) is 1. The molecule has 2 rings (SSSR count). The van der Waals surface area contributed by atoms with Gasteiger partial charge in [0.25, 0.3) is 0 Å². The van der Waals surface area contributed by atoms with Crippen LogP contribution in [0.4, 0.5) is 0 Å². The van der Waals surface area contributed by atoms with E-state index in [4.69, 9.17) is 0 Å². The second-order valence-electron chi connectivity index (χ2n) is 4.08. The van der Waals surface area contributed by atoms with Crippen molar-refractivity contribution >= 4 is 43.2 Å². The molecule has 1 atom stereocenters. The molecular weight excluding hydrogens is 374 g/mol. The topological polar surface area (TPSA) is 12.0 Å². The smallest absolute Gasteiger partial charge is 0.0669 e. The molecule has 1 heterocycles. The van der Waals surface area contributed by atoms with Gasteiger partial charge >= 0.3 is 0 Å². The second kappa shape index (κ2) is 6.33. The Kier molecular flexibility index (Phi) is 5.01. The summed E-state index contributed by atoms with van der Waals surface area (Å²) in [4.78, 5) is 2.79. The standard InChI is InChI=1S/C14H15Br2NS/c1-3-12-4-5-13(18-12)14(17-2)9-6-10(15)8-11(16)7-9/h4-8,14,17H,3H2,1-2H3. The van der Waals surface area contributed by atoms with E-state index < -0.39 is 0 Å². The van der Waals surface area contributed by atoms with Gasteiger partial charge in [-0.05, 0) is 49.4 Å². The molecule has 0 saturated carbocycles. The van der Waals surface area contributed by atoms with Gasteiger partial charge in [-0.15, -0.1) is 11.3 Å². The molecular formula is C14H15Br2NS. The third-order valence-corrected chi connectivity index (χ3v) is 5.03. The Balaban J connectivity index is 2.38. The summed E-state index contributed by atoms with van der Waals surface area (Å²) in [5.74, 6) is 0. The van der Waals surface area contributed by atoms with Crippen molar-refractivity contribution in [3.05, 3.63) is 54.6 Å². The Labute approximate surface area is 129 Å². The summed E-state index contributed by atoms with van der Waals surface area (Å²) in [5, 5.41) is 3.40. The summed E-state index contributed by atoms with van der Waals surface area (Å²) < 4.78 is 2.19. The molecule has 0 aliphatic rings. The largest absolute Gasteiger partial charge is 0.309 e. The quantitative estimate of drug-likeness (QED) is 0.764. The predicted octanol–water partition coefficient (Wildman–Crippen LogP) is 5.14. The molecule has 1 unspecified atom stereocenters. The SMILES string of the molecule is CCc1ccc(C(NC)c2cc(Br)cc(Br)c2)s1. The van der Waals surface area contributed by atoms with E-state index in [-0.39, 0.29) is 6.04 Å². The molecule has 4 heteroatoms. The predicted molar refractivity (Wildman–Crippen MR) is 86.4 cm³/mol. The minimum atomic E-state index is 0.254. The number of nitrogens with one attached hydrogen (secondary N) is 1. The first kappa shape index (κ1) is 14.3. The molecule has 0 bridgehead atoms. The van der Waals surface area contributed by atoms with Crippen molar-refractivity contribution in [2.24, 2.45) is 0 Å². The number of halogens is 2. The Bertz CT molecular complexity index is 516. The number of thiophene rings is 1. The Morgan fingerprint density at radius 3 is 2.33 bits per heavy atom. The zero-order valence-corrected chi connectivity index (χ0v) is 14.3.